The Morgan fingerprint density at radius 2 is 2.07 bits per heavy atom. The summed E-state index contributed by atoms with van der Waals surface area (Å²) in [4.78, 5) is 35.7. The van der Waals surface area contributed by atoms with Crippen molar-refractivity contribution in [3.63, 3.8) is 0 Å². The van der Waals surface area contributed by atoms with Gasteiger partial charge in [0.2, 0.25) is 5.91 Å². The monoisotopic (exact) mass is 371 g/mol. The number of benzene rings is 1. The molecule has 7 nitrogen and oxygen atoms in total. The minimum Gasteiger partial charge on any atom is -0.371 e. The van der Waals surface area contributed by atoms with E-state index in [-0.39, 0.29) is 23.6 Å². The molecule has 1 N–H and O–H groups in total. The van der Waals surface area contributed by atoms with E-state index in [9.17, 15) is 14.0 Å². The normalized spacial score (nSPS) is 16.5. The van der Waals surface area contributed by atoms with E-state index in [1.165, 1.54) is 0 Å². The summed E-state index contributed by atoms with van der Waals surface area (Å²) in [7, 11) is 5.10. The summed E-state index contributed by atoms with van der Waals surface area (Å²) >= 11 is 0. The maximum absolute atomic E-state index is 13.5. The van der Waals surface area contributed by atoms with Gasteiger partial charge in [0.1, 0.15) is 0 Å². The van der Waals surface area contributed by atoms with Crippen LogP contribution in [0.15, 0.2) is 30.5 Å². The predicted molar refractivity (Wildman–Crippen MR) is 99.7 cm³/mol. The first-order chi connectivity index (χ1) is 12.9. The van der Waals surface area contributed by atoms with Crippen molar-refractivity contribution in [2.45, 2.75) is 6.42 Å². The van der Waals surface area contributed by atoms with Gasteiger partial charge in [0, 0.05) is 57.7 Å². The molecular weight excluding hydrogens is 349 g/mol. The zero-order chi connectivity index (χ0) is 19.6. The lowest BCUT2D eigenvalue weighted by atomic mass is 10.1. The second-order valence-corrected chi connectivity index (χ2v) is 6.75. The highest BCUT2D eigenvalue weighted by Crippen LogP contribution is 2.21. The quantitative estimate of drug-likeness (QED) is 0.868. The fraction of sp³-hybridized carbons (Fsp3) is 0.368. The van der Waals surface area contributed by atoms with Gasteiger partial charge in [-0.1, -0.05) is 12.1 Å². The van der Waals surface area contributed by atoms with Crippen LogP contribution in [-0.2, 0) is 4.79 Å². The molecule has 0 radical (unpaired) electrons. The van der Waals surface area contributed by atoms with E-state index in [0.29, 0.717) is 36.5 Å². The molecule has 0 bridgehead atoms. The zero-order valence-electron chi connectivity index (χ0n) is 15.6. The largest absolute Gasteiger partial charge is 0.371 e. The second-order valence-electron chi connectivity index (χ2n) is 6.75. The zero-order valence-corrected chi connectivity index (χ0v) is 15.6. The van der Waals surface area contributed by atoms with Crippen LogP contribution in [0.5, 0.6) is 0 Å². The maximum Gasteiger partial charge on any atom is 0.253 e. The van der Waals surface area contributed by atoms with Crippen molar-refractivity contribution < 1.29 is 14.0 Å². The van der Waals surface area contributed by atoms with Gasteiger partial charge in [-0.15, -0.1) is 0 Å². The van der Waals surface area contributed by atoms with E-state index < -0.39 is 5.82 Å². The Hall–Kier alpha value is -3.03. The topological polar surface area (TPSA) is 78.4 Å². The van der Waals surface area contributed by atoms with Crippen LogP contribution in [0.3, 0.4) is 0 Å². The number of carbonyl (C=O) groups is 2. The highest BCUT2D eigenvalue weighted by Gasteiger charge is 2.28. The lowest BCUT2D eigenvalue weighted by molar-refractivity contribution is -0.126. The summed E-state index contributed by atoms with van der Waals surface area (Å²) in [6.07, 6.45) is 1.59. The summed E-state index contributed by atoms with van der Waals surface area (Å²) in [6, 6.07) is 6.87. The summed E-state index contributed by atoms with van der Waals surface area (Å²) in [5, 5.41) is 2.68. The molecule has 0 unspecified atom stereocenters. The number of amides is 2. The van der Waals surface area contributed by atoms with Crippen molar-refractivity contribution in [1.82, 2.24) is 19.8 Å². The third-order valence-corrected chi connectivity index (χ3v) is 4.67. The molecule has 8 heteroatoms. The Bertz CT molecular complexity index is 856. The number of carbonyl (C=O) groups excluding carboxylic acids is 2. The number of hydrogen-bond acceptors (Lipinski definition) is 5. The first kappa shape index (κ1) is 18.8. The first-order valence-corrected chi connectivity index (χ1v) is 8.69. The molecule has 1 atom stereocenters. The Kier molecular flexibility index (Phi) is 5.34. The van der Waals surface area contributed by atoms with Gasteiger partial charge < -0.3 is 15.1 Å². The van der Waals surface area contributed by atoms with Crippen LogP contribution < -0.4 is 5.32 Å². The molecular formula is C19H22FN5O2. The SMILES string of the molecule is CNc1nc(-c2ccc(C(=O)N(C)C[C@@H]3CC(=O)N(C)C3)cc2)ncc1F. The van der Waals surface area contributed by atoms with Crippen LogP contribution >= 0.6 is 0 Å². The van der Waals surface area contributed by atoms with Gasteiger partial charge >= 0.3 is 0 Å². The van der Waals surface area contributed by atoms with Crippen LogP contribution in [0.2, 0.25) is 0 Å². The van der Waals surface area contributed by atoms with Crippen molar-refractivity contribution >= 4 is 17.6 Å². The summed E-state index contributed by atoms with van der Waals surface area (Å²) in [5.74, 6) is 0.135. The third kappa shape index (κ3) is 4.05. The van der Waals surface area contributed by atoms with Crippen LogP contribution in [0.4, 0.5) is 10.2 Å². The van der Waals surface area contributed by atoms with Gasteiger partial charge in [-0.05, 0) is 12.1 Å². The number of nitrogens with one attached hydrogen (secondary N) is 1. The molecule has 3 rings (SSSR count). The minimum atomic E-state index is -0.522. The summed E-state index contributed by atoms with van der Waals surface area (Å²) in [6.45, 7) is 1.20. The van der Waals surface area contributed by atoms with Crippen LogP contribution in [0, 0.1) is 11.7 Å². The lowest BCUT2D eigenvalue weighted by Gasteiger charge is -2.21. The molecule has 1 aromatic heterocycles. The molecule has 2 aromatic rings. The average Bonchev–Trinajstić information content (AvgIpc) is 2.98. The number of anilines is 1. The Morgan fingerprint density at radius 1 is 1.37 bits per heavy atom. The Labute approximate surface area is 157 Å². The number of hydrogen-bond donors (Lipinski definition) is 1. The van der Waals surface area contributed by atoms with E-state index >= 15 is 0 Å². The van der Waals surface area contributed by atoms with Crippen LogP contribution in [-0.4, -0.2) is 65.8 Å². The van der Waals surface area contributed by atoms with Crippen molar-refractivity contribution in [3.8, 4) is 11.4 Å². The number of nitrogens with zero attached hydrogens (tertiary/aromatic N) is 4. The highest BCUT2D eigenvalue weighted by molar-refractivity contribution is 5.94. The maximum atomic E-state index is 13.5. The Morgan fingerprint density at radius 3 is 2.67 bits per heavy atom. The molecule has 0 spiro atoms. The molecule has 1 fully saturated rings. The molecule has 142 valence electrons. The summed E-state index contributed by atoms with van der Waals surface area (Å²) < 4.78 is 13.5. The third-order valence-electron chi connectivity index (χ3n) is 4.67. The van der Waals surface area contributed by atoms with Crippen molar-refractivity contribution in [2.24, 2.45) is 5.92 Å². The van der Waals surface area contributed by atoms with E-state index in [1.54, 1.807) is 55.2 Å². The lowest BCUT2D eigenvalue weighted by Crippen LogP contribution is -2.32. The summed E-state index contributed by atoms with van der Waals surface area (Å²) in [5.41, 5.74) is 1.23. The van der Waals surface area contributed by atoms with Gasteiger partial charge in [0.25, 0.3) is 5.91 Å². The van der Waals surface area contributed by atoms with Crippen molar-refractivity contribution in [1.29, 1.82) is 0 Å². The molecule has 2 heterocycles. The van der Waals surface area contributed by atoms with Gasteiger partial charge in [-0.3, -0.25) is 9.59 Å². The highest BCUT2D eigenvalue weighted by atomic mass is 19.1. The van der Waals surface area contributed by atoms with E-state index in [1.807, 2.05) is 0 Å². The molecule has 1 aliphatic rings. The second kappa shape index (κ2) is 7.69. The van der Waals surface area contributed by atoms with E-state index in [2.05, 4.69) is 15.3 Å². The first-order valence-electron chi connectivity index (χ1n) is 8.69. The minimum absolute atomic E-state index is 0.112. The number of likely N-dealkylation sites (tertiary alicyclic amines) is 1. The molecule has 2 amide bonds. The number of aromatic nitrogens is 2. The van der Waals surface area contributed by atoms with Gasteiger partial charge in [-0.25, -0.2) is 14.4 Å². The van der Waals surface area contributed by atoms with Gasteiger partial charge in [-0.2, -0.15) is 0 Å². The van der Waals surface area contributed by atoms with E-state index in [4.69, 9.17) is 0 Å². The molecule has 1 aromatic carbocycles. The van der Waals surface area contributed by atoms with Gasteiger partial charge in [0.15, 0.2) is 17.5 Å². The number of halogens is 1. The Balaban J connectivity index is 1.69. The molecule has 1 aliphatic heterocycles. The van der Waals surface area contributed by atoms with Crippen molar-refractivity contribution in [2.75, 3.05) is 39.5 Å². The van der Waals surface area contributed by atoms with Crippen molar-refractivity contribution in [3.05, 3.63) is 41.8 Å². The molecule has 27 heavy (non-hydrogen) atoms. The average molecular weight is 371 g/mol. The standard InChI is InChI=1S/C19H22FN5O2/c1-21-18-15(20)9-22-17(23-18)13-4-6-14(7-5-13)19(27)25(3)11-12-8-16(26)24(2)10-12/h4-7,9,12H,8,10-11H2,1-3H3,(H,21,22,23)/t12-/m1/s1. The van der Waals surface area contributed by atoms with E-state index in [0.717, 1.165) is 6.20 Å². The predicted octanol–water partition coefficient (Wildman–Crippen LogP) is 1.87. The van der Waals surface area contributed by atoms with Crippen LogP contribution in [0.1, 0.15) is 16.8 Å². The molecule has 0 saturated carbocycles. The van der Waals surface area contributed by atoms with Crippen LogP contribution in [0.25, 0.3) is 11.4 Å². The number of rotatable bonds is 5. The fourth-order valence-electron chi connectivity index (χ4n) is 3.21. The smallest absolute Gasteiger partial charge is 0.253 e. The molecule has 0 aliphatic carbocycles. The fourth-order valence-corrected chi connectivity index (χ4v) is 3.21. The van der Waals surface area contributed by atoms with Gasteiger partial charge in [0.05, 0.1) is 6.20 Å². The molecule has 1 saturated heterocycles.